The van der Waals surface area contributed by atoms with Crippen LogP contribution >= 0.6 is 34.8 Å². The minimum atomic E-state index is 0.630. The molecule has 20 heavy (non-hydrogen) atoms. The first-order chi connectivity index (χ1) is 9.61. The molecule has 0 atom stereocenters. The summed E-state index contributed by atoms with van der Waals surface area (Å²) in [5.41, 5.74) is 3.02. The van der Waals surface area contributed by atoms with E-state index in [2.05, 4.69) is 12.2 Å². The molecule has 0 amide bonds. The van der Waals surface area contributed by atoms with Gasteiger partial charge in [-0.25, -0.2) is 0 Å². The molecule has 0 aliphatic rings. The third-order valence-electron chi connectivity index (χ3n) is 3.04. The third-order valence-corrected chi connectivity index (χ3v) is 3.94. The first kappa shape index (κ1) is 15.7. The minimum Gasteiger partial charge on any atom is -0.313 e. The number of rotatable bonds is 5. The Labute approximate surface area is 134 Å². The van der Waals surface area contributed by atoms with E-state index in [1.807, 2.05) is 30.3 Å². The molecule has 2 aromatic rings. The molecule has 0 bridgehead atoms. The fraction of sp³-hybridized carbons (Fsp3) is 0.250. The SMILES string of the molecule is CCCNCc1ccc(-c2ccc(Cl)cc2Cl)cc1Cl. The average molecular weight is 329 g/mol. The van der Waals surface area contributed by atoms with Crippen molar-refractivity contribution in [1.29, 1.82) is 0 Å². The first-order valence-corrected chi connectivity index (χ1v) is 7.69. The molecule has 4 heteroatoms. The molecule has 1 N–H and O–H groups in total. The van der Waals surface area contributed by atoms with Gasteiger partial charge in [0.25, 0.3) is 0 Å². The van der Waals surface area contributed by atoms with Crippen LogP contribution in [0.4, 0.5) is 0 Å². The molecule has 0 aromatic heterocycles. The molecule has 0 aliphatic carbocycles. The topological polar surface area (TPSA) is 12.0 Å². The summed E-state index contributed by atoms with van der Waals surface area (Å²) >= 11 is 18.5. The van der Waals surface area contributed by atoms with Crippen LogP contribution < -0.4 is 5.32 Å². The smallest absolute Gasteiger partial charge is 0.0499 e. The van der Waals surface area contributed by atoms with E-state index in [0.29, 0.717) is 10.0 Å². The quantitative estimate of drug-likeness (QED) is 0.683. The third kappa shape index (κ3) is 3.89. The van der Waals surface area contributed by atoms with Gasteiger partial charge in [-0.05, 0) is 42.3 Å². The van der Waals surface area contributed by atoms with Crippen molar-refractivity contribution < 1.29 is 0 Å². The molecule has 1 nitrogen and oxygen atoms in total. The molecule has 2 rings (SSSR count). The monoisotopic (exact) mass is 327 g/mol. The van der Waals surface area contributed by atoms with Gasteiger partial charge in [0.05, 0.1) is 0 Å². The van der Waals surface area contributed by atoms with E-state index in [4.69, 9.17) is 34.8 Å². The lowest BCUT2D eigenvalue weighted by atomic mass is 10.0. The molecule has 0 spiro atoms. The zero-order valence-electron chi connectivity index (χ0n) is 11.2. The Morgan fingerprint density at radius 3 is 2.40 bits per heavy atom. The largest absolute Gasteiger partial charge is 0.313 e. The molecule has 0 saturated heterocycles. The first-order valence-electron chi connectivity index (χ1n) is 6.56. The molecule has 106 valence electrons. The van der Waals surface area contributed by atoms with E-state index < -0.39 is 0 Å². The van der Waals surface area contributed by atoms with Crippen molar-refractivity contribution in [3.63, 3.8) is 0 Å². The molecule has 2 aromatic carbocycles. The lowest BCUT2D eigenvalue weighted by Crippen LogP contribution is -2.13. The van der Waals surface area contributed by atoms with Crippen molar-refractivity contribution >= 4 is 34.8 Å². The van der Waals surface area contributed by atoms with Crippen LogP contribution in [0.5, 0.6) is 0 Å². The number of halogens is 3. The van der Waals surface area contributed by atoms with Crippen molar-refractivity contribution in [2.45, 2.75) is 19.9 Å². The number of hydrogen-bond donors (Lipinski definition) is 1. The maximum atomic E-state index is 6.33. The molecular weight excluding hydrogens is 313 g/mol. The summed E-state index contributed by atoms with van der Waals surface area (Å²) in [6.45, 7) is 3.91. The van der Waals surface area contributed by atoms with Crippen molar-refractivity contribution in [3.05, 3.63) is 57.0 Å². The lowest BCUT2D eigenvalue weighted by molar-refractivity contribution is 0.675. The summed E-state index contributed by atoms with van der Waals surface area (Å²) in [5.74, 6) is 0. The van der Waals surface area contributed by atoms with Crippen LogP contribution in [0.25, 0.3) is 11.1 Å². The van der Waals surface area contributed by atoms with Crippen molar-refractivity contribution in [2.24, 2.45) is 0 Å². The lowest BCUT2D eigenvalue weighted by Gasteiger charge is -2.10. The van der Waals surface area contributed by atoms with Gasteiger partial charge in [-0.3, -0.25) is 0 Å². The fourth-order valence-electron chi connectivity index (χ4n) is 1.98. The summed E-state index contributed by atoms with van der Waals surface area (Å²) in [6.07, 6.45) is 1.11. The highest BCUT2D eigenvalue weighted by Crippen LogP contribution is 2.32. The predicted molar refractivity (Wildman–Crippen MR) is 88.9 cm³/mol. The van der Waals surface area contributed by atoms with Crippen LogP contribution in [-0.2, 0) is 6.54 Å². The van der Waals surface area contributed by atoms with E-state index in [-0.39, 0.29) is 0 Å². The zero-order chi connectivity index (χ0) is 14.5. The minimum absolute atomic E-state index is 0.630. The maximum Gasteiger partial charge on any atom is 0.0499 e. The number of benzene rings is 2. The Morgan fingerprint density at radius 2 is 1.75 bits per heavy atom. The van der Waals surface area contributed by atoms with Crippen LogP contribution in [-0.4, -0.2) is 6.54 Å². The second-order valence-corrected chi connectivity index (χ2v) is 5.86. The molecule has 0 saturated carbocycles. The second kappa shape index (κ2) is 7.33. The van der Waals surface area contributed by atoms with E-state index in [1.54, 1.807) is 6.07 Å². The Hall–Kier alpha value is -0.730. The van der Waals surface area contributed by atoms with Crippen LogP contribution in [0.3, 0.4) is 0 Å². The molecular formula is C16H16Cl3N. The van der Waals surface area contributed by atoms with Gasteiger partial charge in [0.2, 0.25) is 0 Å². The average Bonchev–Trinajstić information content (AvgIpc) is 2.41. The normalized spacial score (nSPS) is 10.8. The Bertz CT molecular complexity index is 596. The summed E-state index contributed by atoms with van der Waals surface area (Å²) < 4.78 is 0. The number of hydrogen-bond acceptors (Lipinski definition) is 1. The van der Waals surface area contributed by atoms with Crippen LogP contribution in [0.15, 0.2) is 36.4 Å². The molecule has 0 unspecified atom stereocenters. The second-order valence-electron chi connectivity index (χ2n) is 4.61. The molecule has 0 radical (unpaired) electrons. The van der Waals surface area contributed by atoms with Crippen LogP contribution in [0, 0.1) is 0 Å². The van der Waals surface area contributed by atoms with Gasteiger partial charge in [-0.15, -0.1) is 0 Å². The van der Waals surface area contributed by atoms with Gasteiger partial charge in [0.15, 0.2) is 0 Å². The zero-order valence-corrected chi connectivity index (χ0v) is 13.5. The van der Waals surface area contributed by atoms with E-state index in [0.717, 1.165) is 41.2 Å². The van der Waals surface area contributed by atoms with Gasteiger partial charge >= 0.3 is 0 Å². The summed E-state index contributed by atoms with van der Waals surface area (Å²) in [4.78, 5) is 0. The van der Waals surface area contributed by atoms with Gasteiger partial charge < -0.3 is 5.32 Å². The summed E-state index contributed by atoms with van der Waals surface area (Å²) in [5, 5.41) is 5.35. The standard InChI is InChI=1S/C16H16Cl3N/c1-2-7-20-10-12-4-3-11(8-15(12)18)14-6-5-13(17)9-16(14)19/h3-6,8-9,20H,2,7,10H2,1H3. The Balaban J connectivity index is 2.24. The van der Waals surface area contributed by atoms with Crippen molar-refractivity contribution in [2.75, 3.05) is 6.54 Å². The van der Waals surface area contributed by atoms with E-state index in [9.17, 15) is 0 Å². The van der Waals surface area contributed by atoms with Gasteiger partial charge in [0.1, 0.15) is 0 Å². The summed E-state index contributed by atoms with van der Waals surface area (Å²) in [6, 6.07) is 11.5. The van der Waals surface area contributed by atoms with Crippen LogP contribution in [0.1, 0.15) is 18.9 Å². The molecule has 0 fully saturated rings. The summed E-state index contributed by atoms with van der Waals surface area (Å²) in [7, 11) is 0. The highest BCUT2D eigenvalue weighted by Gasteiger charge is 2.07. The Kier molecular flexibility index (Phi) is 5.74. The highest BCUT2D eigenvalue weighted by atomic mass is 35.5. The fourth-order valence-corrected chi connectivity index (χ4v) is 2.75. The van der Waals surface area contributed by atoms with Crippen molar-refractivity contribution in [3.8, 4) is 11.1 Å². The van der Waals surface area contributed by atoms with Crippen molar-refractivity contribution in [1.82, 2.24) is 5.32 Å². The van der Waals surface area contributed by atoms with E-state index >= 15 is 0 Å². The molecule has 0 heterocycles. The Morgan fingerprint density at radius 1 is 0.950 bits per heavy atom. The maximum absolute atomic E-state index is 6.33. The van der Waals surface area contributed by atoms with Gasteiger partial charge in [-0.1, -0.05) is 59.9 Å². The predicted octanol–water partition coefficient (Wildman–Crippen LogP) is 5.81. The van der Waals surface area contributed by atoms with E-state index in [1.165, 1.54) is 0 Å². The van der Waals surface area contributed by atoms with Gasteiger partial charge in [0, 0.05) is 27.2 Å². The highest BCUT2D eigenvalue weighted by molar-refractivity contribution is 6.36. The van der Waals surface area contributed by atoms with Gasteiger partial charge in [-0.2, -0.15) is 0 Å². The number of nitrogens with one attached hydrogen (secondary N) is 1. The molecule has 0 aliphatic heterocycles. The van der Waals surface area contributed by atoms with Crippen LogP contribution in [0.2, 0.25) is 15.1 Å².